The van der Waals surface area contributed by atoms with E-state index in [-0.39, 0.29) is 24.1 Å². The highest BCUT2D eigenvalue weighted by atomic mass is 16.2. The van der Waals surface area contributed by atoms with Crippen LogP contribution in [0, 0.1) is 13.8 Å². The molecule has 0 saturated heterocycles. The van der Waals surface area contributed by atoms with Gasteiger partial charge in [0, 0.05) is 11.7 Å². The molecule has 0 aliphatic carbocycles. The summed E-state index contributed by atoms with van der Waals surface area (Å²) in [4.78, 5) is 34.2. The average molecular weight is 378 g/mol. The molecule has 6 nitrogen and oxygen atoms in total. The van der Waals surface area contributed by atoms with E-state index in [1.54, 1.807) is 6.07 Å². The number of benzene rings is 2. The smallest absolute Gasteiger partial charge is 0.258 e. The second kappa shape index (κ2) is 8.35. The van der Waals surface area contributed by atoms with Gasteiger partial charge in [0.25, 0.3) is 5.56 Å². The minimum Gasteiger partial charge on any atom is -0.325 e. The molecular formula is C22H26N4O2. The Labute approximate surface area is 164 Å². The summed E-state index contributed by atoms with van der Waals surface area (Å²) in [6, 6.07) is 13.3. The quantitative estimate of drug-likeness (QED) is 0.689. The van der Waals surface area contributed by atoms with Crippen LogP contribution >= 0.6 is 0 Å². The average Bonchev–Trinajstić information content (AvgIpc) is 2.60. The number of hydrogen-bond acceptors (Lipinski definition) is 4. The van der Waals surface area contributed by atoms with Gasteiger partial charge in [0.15, 0.2) is 0 Å². The lowest BCUT2D eigenvalue weighted by molar-refractivity contribution is -0.117. The summed E-state index contributed by atoms with van der Waals surface area (Å²) in [5.41, 5.74) is 3.50. The highest BCUT2D eigenvalue weighted by Crippen LogP contribution is 2.14. The third-order valence-corrected chi connectivity index (χ3v) is 4.60. The van der Waals surface area contributed by atoms with E-state index in [0.717, 1.165) is 16.8 Å². The van der Waals surface area contributed by atoms with E-state index in [1.807, 2.05) is 62.9 Å². The summed E-state index contributed by atoms with van der Waals surface area (Å²) < 4.78 is 0. The van der Waals surface area contributed by atoms with E-state index in [1.165, 1.54) is 0 Å². The zero-order chi connectivity index (χ0) is 20.3. The molecule has 0 radical (unpaired) electrons. The Balaban J connectivity index is 1.75. The number of aryl methyl sites for hydroxylation is 2. The normalized spacial score (nSPS) is 11.4. The number of anilines is 1. The molecule has 6 heteroatoms. The number of H-pyrrole nitrogens is 1. The molecule has 3 aromatic rings. The molecule has 3 rings (SSSR count). The lowest BCUT2D eigenvalue weighted by Crippen LogP contribution is -2.38. The number of carbonyl (C=O) groups excluding carboxylic acids is 1. The van der Waals surface area contributed by atoms with Crippen LogP contribution in [0.5, 0.6) is 0 Å². The topological polar surface area (TPSA) is 78.1 Å². The Bertz CT molecular complexity index is 1040. The predicted octanol–water partition coefficient (Wildman–Crippen LogP) is 3.39. The van der Waals surface area contributed by atoms with Crippen LogP contribution < -0.4 is 10.9 Å². The first kappa shape index (κ1) is 19.8. The molecule has 1 amide bonds. The summed E-state index contributed by atoms with van der Waals surface area (Å²) in [5, 5.41) is 3.53. The van der Waals surface area contributed by atoms with Crippen molar-refractivity contribution in [3.8, 4) is 0 Å². The van der Waals surface area contributed by atoms with Crippen molar-refractivity contribution < 1.29 is 4.79 Å². The Morgan fingerprint density at radius 1 is 1.14 bits per heavy atom. The largest absolute Gasteiger partial charge is 0.325 e. The SMILES string of the molecule is Cc1cc(C)cc(NC(=O)CN(Cc2nc3ccccc3c(=O)[nH]2)C(C)C)c1. The predicted molar refractivity (Wildman–Crippen MR) is 112 cm³/mol. The Morgan fingerprint density at radius 2 is 1.82 bits per heavy atom. The molecule has 0 spiro atoms. The first-order valence-corrected chi connectivity index (χ1v) is 9.42. The van der Waals surface area contributed by atoms with Gasteiger partial charge in [-0.15, -0.1) is 0 Å². The van der Waals surface area contributed by atoms with Crippen molar-refractivity contribution in [2.75, 3.05) is 11.9 Å². The van der Waals surface area contributed by atoms with Gasteiger partial charge in [0.2, 0.25) is 5.91 Å². The van der Waals surface area contributed by atoms with Crippen molar-refractivity contribution in [2.24, 2.45) is 0 Å². The molecule has 0 unspecified atom stereocenters. The number of para-hydroxylation sites is 1. The van der Waals surface area contributed by atoms with Crippen molar-refractivity contribution in [1.29, 1.82) is 0 Å². The van der Waals surface area contributed by atoms with Gasteiger partial charge in [-0.25, -0.2) is 4.98 Å². The van der Waals surface area contributed by atoms with Crippen molar-refractivity contribution in [3.05, 3.63) is 69.8 Å². The van der Waals surface area contributed by atoms with E-state index in [9.17, 15) is 9.59 Å². The number of rotatable bonds is 6. The fourth-order valence-corrected chi connectivity index (χ4v) is 3.26. The third kappa shape index (κ3) is 4.84. The molecule has 2 N–H and O–H groups in total. The number of carbonyl (C=O) groups is 1. The highest BCUT2D eigenvalue weighted by molar-refractivity contribution is 5.92. The first-order valence-electron chi connectivity index (χ1n) is 9.42. The van der Waals surface area contributed by atoms with E-state index in [0.29, 0.717) is 23.3 Å². The molecule has 0 aliphatic heterocycles. The van der Waals surface area contributed by atoms with Gasteiger partial charge >= 0.3 is 0 Å². The van der Waals surface area contributed by atoms with Crippen LogP contribution in [0.1, 0.15) is 30.8 Å². The Morgan fingerprint density at radius 3 is 2.50 bits per heavy atom. The Kier molecular flexibility index (Phi) is 5.90. The van der Waals surface area contributed by atoms with Gasteiger partial charge in [0.05, 0.1) is 24.0 Å². The van der Waals surface area contributed by atoms with Crippen LogP contribution in [-0.2, 0) is 11.3 Å². The van der Waals surface area contributed by atoms with E-state index < -0.39 is 0 Å². The maximum Gasteiger partial charge on any atom is 0.258 e. The van der Waals surface area contributed by atoms with E-state index in [4.69, 9.17) is 0 Å². The lowest BCUT2D eigenvalue weighted by Gasteiger charge is -2.25. The second-order valence-corrected chi connectivity index (χ2v) is 7.45. The van der Waals surface area contributed by atoms with E-state index >= 15 is 0 Å². The van der Waals surface area contributed by atoms with Crippen molar-refractivity contribution in [3.63, 3.8) is 0 Å². The summed E-state index contributed by atoms with van der Waals surface area (Å²) in [6.45, 7) is 8.64. The van der Waals surface area contributed by atoms with Gasteiger partial charge in [-0.2, -0.15) is 0 Å². The minimum atomic E-state index is -0.163. The van der Waals surface area contributed by atoms with Crippen molar-refractivity contribution in [2.45, 2.75) is 40.3 Å². The summed E-state index contributed by atoms with van der Waals surface area (Å²) in [5.74, 6) is 0.457. The molecule has 1 heterocycles. The fraction of sp³-hybridized carbons (Fsp3) is 0.318. The molecule has 2 aromatic carbocycles. The maximum atomic E-state index is 12.6. The molecular weight excluding hydrogens is 352 g/mol. The molecule has 0 saturated carbocycles. The van der Waals surface area contributed by atoms with Gasteiger partial charge in [0.1, 0.15) is 5.82 Å². The summed E-state index contributed by atoms with van der Waals surface area (Å²) >= 11 is 0. The highest BCUT2D eigenvalue weighted by Gasteiger charge is 2.17. The van der Waals surface area contributed by atoms with Crippen molar-refractivity contribution >= 4 is 22.5 Å². The third-order valence-electron chi connectivity index (χ3n) is 4.60. The maximum absolute atomic E-state index is 12.6. The van der Waals surface area contributed by atoms with Crippen molar-refractivity contribution in [1.82, 2.24) is 14.9 Å². The number of fused-ring (bicyclic) bond motifs is 1. The van der Waals surface area contributed by atoms with Gasteiger partial charge in [-0.1, -0.05) is 18.2 Å². The van der Waals surface area contributed by atoms with Crippen LogP contribution in [0.2, 0.25) is 0 Å². The number of nitrogens with zero attached hydrogens (tertiary/aromatic N) is 2. The number of amides is 1. The monoisotopic (exact) mass is 378 g/mol. The zero-order valence-electron chi connectivity index (χ0n) is 16.7. The standard InChI is InChI=1S/C22H26N4O2/c1-14(2)26(13-21(27)23-17-10-15(3)9-16(4)11-17)12-20-24-19-8-6-5-7-18(19)22(28)25-20/h5-11,14H,12-13H2,1-4H3,(H,23,27)(H,24,25,28). The van der Waals surface area contributed by atoms with Crippen LogP contribution in [0.25, 0.3) is 10.9 Å². The fourth-order valence-electron chi connectivity index (χ4n) is 3.26. The van der Waals surface area contributed by atoms with Gasteiger partial charge < -0.3 is 10.3 Å². The van der Waals surface area contributed by atoms with Gasteiger partial charge in [-0.3, -0.25) is 14.5 Å². The van der Waals surface area contributed by atoms with E-state index in [2.05, 4.69) is 21.4 Å². The summed E-state index contributed by atoms with van der Waals surface area (Å²) in [6.07, 6.45) is 0. The molecule has 28 heavy (non-hydrogen) atoms. The van der Waals surface area contributed by atoms with Crippen LogP contribution in [0.3, 0.4) is 0 Å². The number of aromatic amines is 1. The second-order valence-electron chi connectivity index (χ2n) is 7.45. The molecule has 0 atom stereocenters. The molecule has 146 valence electrons. The van der Waals surface area contributed by atoms with Crippen LogP contribution in [0.15, 0.2) is 47.3 Å². The number of hydrogen-bond donors (Lipinski definition) is 2. The molecule has 0 fully saturated rings. The van der Waals surface area contributed by atoms with Crippen LogP contribution in [0.4, 0.5) is 5.69 Å². The number of aromatic nitrogens is 2. The van der Waals surface area contributed by atoms with Gasteiger partial charge in [-0.05, 0) is 63.1 Å². The first-order chi connectivity index (χ1) is 13.3. The van der Waals surface area contributed by atoms with Crippen LogP contribution in [-0.4, -0.2) is 33.4 Å². The lowest BCUT2D eigenvalue weighted by atomic mass is 10.1. The molecule has 1 aromatic heterocycles. The molecule has 0 bridgehead atoms. The zero-order valence-corrected chi connectivity index (χ0v) is 16.7. The number of nitrogens with one attached hydrogen (secondary N) is 2. The minimum absolute atomic E-state index is 0.0955. The summed E-state index contributed by atoms with van der Waals surface area (Å²) in [7, 11) is 0. The Hall–Kier alpha value is -2.99. The molecule has 0 aliphatic rings.